The van der Waals surface area contributed by atoms with Gasteiger partial charge in [0.1, 0.15) is 0 Å². The van der Waals surface area contributed by atoms with E-state index >= 15 is 0 Å². The fourth-order valence-corrected chi connectivity index (χ4v) is 3.43. The predicted octanol–water partition coefficient (Wildman–Crippen LogP) is 1.64. The van der Waals surface area contributed by atoms with Gasteiger partial charge in [0.25, 0.3) is 0 Å². The molecule has 2 heterocycles. The number of halogens is 1. The first kappa shape index (κ1) is 21.5. The summed E-state index contributed by atoms with van der Waals surface area (Å²) in [5, 5.41) is 3.40. The van der Waals surface area contributed by atoms with Gasteiger partial charge in [-0.25, -0.2) is 0 Å². The third-order valence-electron chi connectivity index (χ3n) is 4.87. The molecular weight excluding hydrogens is 417 g/mol. The Labute approximate surface area is 163 Å². The van der Waals surface area contributed by atoms with Gasteiger partial charge in [0.05, 0.1) is 0 Å². The van der Waals surface area contributed by atoms with Crippen molar-refractivity contribution in [1.82, 2.24) is 15.1 Å². The number of guanidine groups is 1. The standard InChI is InChI=1S/C17H33N5O.HI/c1-2-19-17(22-11-5-6-12-22)20-9-3-4-10-21-13-7-15(8-14-21)16(18)23;/h15H,2-14H2,1H3,(H2,18,23)(H,19,20);1H. The maximum absolute atomic E-state index is 11.2. The number of carbonyl (C=O) groups excluding carboxylic acids is 1. The van der Waals surface area contributed by atoms with E-state index in [1.54, 1.807) is 0 Å². The normalized spacial score (nSPS) is 20.0. The summed E-state index contributed by atoms with van der Waals surface area (Å²) < 4.78 is 0. The molecule has 0 radical (unpaired) electrons. The SMILES string of the molecule is CCNC(=NCCCCN1CCC(C(N)=O)CC1)N1CCCC1.I. The summed E-state index contributed by atoms with van der Waals surface area (Å²) in [6.45, 7) is 9.37. The average molecular weight is 451 g/mol. The van der Waals surface area contributed by atoms with Crippen LogP contribution >= 0.6 is 24.0 Å². The van der Waals surface area contributed by atoms with E-state index in [1.165, 1.54) is 19.3 Å². The zero-order valence-corrected chi connectivity index (χ0v) is 17.3. The molecule has 0 aromatic heterocycles. The third-order valence-corrected chi connectivity index (χ3v) is 4.87. The second-order valence-corrected chi connectivity index (χ2v) is 6.66. The number of likely N-dealkylation sites (tertiary alicyclic amines) is 2. The van der Waals surface area contributed by atoms with Crippen molar-refractivity contribution in [3.8, 4) is 0 Å². The van der Waals surface area contributed by atoms with Crippen molar-refractivity contribution in [2.45, 2.75) is 45.4 Å². The number of nitrogens with zero attached hydrogens (tertiary/aromatic N) is 3. The topological polar surface area (TPSA) is 74.0 Å². The number of hydrogen-bond acceptors (Lipinski definition) is 3. The number of nitrogens with two attached hydrogens (primary N) is 1. The van der Waals surface area contributed by atoms with Gasteiger partial charge in [-0.2, -0.15) is 0 Å². The lowest BCUT2D eigenvalue weighted by atomic mass is 9.96. The molecule has 1 amide bonds. The van der Waals surface area contributed by atoms with Crippen LogP contribution in [0.15, 0.2) is 4.99 Å². The minimum atomic E-state index is -0.128. The number of primary amides is 1. The van der Waals surface area contributed by atoms with Gasteiger partial charge in [-0.15, -0.1) is 24.0 Å². The minimum absolute atomic E-state index is 0. The lowest BCUT2D eigenvalue weighted by Crippen LogP contribution is -2.39. The number of piperidine rings is 1. The molecule has 24 heavy (non-hydrogen) atoms. The molecule has 0 bridgehead atoms. The zero-order chi connectivity index (χ0) is 16.5. The van der Waals surface area contributed by atoms with E-state index in [0.717, 1.165) is 71.0 Å². The van der Waals surface area contributed by atoms with Gasteiger partial charge in [-0.1, -0.05) is 0 Å². The number of aliphatic imine (C=N–C) groups is 1. The number of nitrogens with one attached hydrogen (secondary N) is 1. The smallest absolute Gasteiger partial charge is 0.220 e. The van der Waals surface area contributed by atoms with Gasteiger partial charge < -0.3 is 20.9 Å². The third kappa shape index (κ3) is 7.13. The first-order chi connectivity index (χ1) is 11.2. The van der Waals surface area contributed by atoms with E-state index in [-0.39, 0.29) is 35.8 Å². The van der Waals surface area contributed by atoms with Crippen molar-refractivity contribution in [3.05, 3.63) is 0 Å². The van der Waals surface area contributed by atoms with Crippen molar-refractivity contribution < 1.29 is 4.79 Å². The van der Waals surface area contributed by atoms with E-state index < -0.39 is 0 Å². The fraction of sp³-hybridized carbons (Fsp3) is 0.882. The van der Waals surface area contributed by atoms with Crippen LogP contribution < -0.4 is 11.1 Å². The van der Waals surface area contributed by atoms with Crippen LogP contribution in [0.5, 0.6) is 0 Å². The maximum atomic E-state index is 11.2. The Morgan fingerprint density at radius 1 is 1.17 bits per heavy atom. The van der Waals surface area contributed by atoms with Gasteiger partial charge in [0, 0.05) is 32.1 Å². The van der Waals surface area contributed by atoms with Crippen LogP contribution in [-0.4, -0.2) is 67.5 Å². The Kier molecular flexibility index (Phi) is 10.6. The summed E-state index contributed by atoms with van der Waals surface area (Å²) in [4.78, 5) is 20.8. The molecule has 0 aromatic rings. The zero-order valence-electron chi connectivity index (χ0n) is 15.0. The fourth-order valence-electron chi connectivity index (χ4n) is 3.43. The molecule has 0 unspecified atom stereocenters. The van der Waals surface area contributed by atoms with Crippen molar-refractivity contribution in [1.29, 1.82) is 0 Å². The van der Waals surface area contributed by atoms with Crippen LogP contribution in [0.25, 0.3) is 0 Å². The molecule has 2 fully saturated rings. The molecule has 2 aliphatic rings. The highest BCUT2D eigenvalue weighted by atomic mass is 127. The van der Waals surface area contributed by atoms with Gasteiger partial charge in [-0.3, -0.25) is 9.79 Å². The first-order valence-corrected chi connectivity index (χ1v) is 9.25. The van der Waals surface area contributed by atoms with E-state index in [0.29, 0.717) is 0 Å². The Balaban J connectivity index is 0.00000288. The molecular formula is C17H34IN5O. The van der Waals surface area contributed by atoms with Gasteiger partial charge in [0.2, 0.25) is 5.91 Å². The van der Waals surface area contributed by atoms with Crippen LogP contribution in [0, 0.1) is 5.92 Å². The highest BCUT2D eigenvalue weighted by molar-refractivity contribution is 14.0. The Morgan fingerprint density at radius 2 is 1.83 bits per heavy atom. The summed E-state index contributed by atoms with van der Waals surface area (Å²) in [5.41, 5.74) is 5.37. The molecule has 0 saturated carbocycles. The Hall–Kier alpha value is -0.570. The summed E-state index contributed by atoms with van der Waals surface area (Å²) >= 11 is 0. The van der Waals surface area contributed by atoms with Crippen LogP contribution in [0.1, 0.15) is 45.4 Å². The van der Waals surface area contributed by atoms with E-state index in [1.807, 2.05) is 0 Å². The van der Waals surface area contributed by atoms with E-state index in [2.05, 4.69) is 22.0 Å². The molecule has 2 aliphatic heterocycles. The van der Waals surface area contributed by atoms with Crippen LogP contribution in [0.4, 0.5) is 0 Å². The van der Waals surface area contributed by atoms with Gasteiger partial charge in [0.15, 0.2) is 5.96 Å². The first-order valence-electron chi connectivity index (χ1n) is 9.25. The lowest BCUT2D eigenvalue weighted by Gasteiger charge is -2.30. The number of carbonyl (C=O) groups is 1. The summed E-state index contributed by atoms with van der Waals surface area (Å²) in [6, 6.07) is 0. The summed E-state index contributed by atoms with van der Waals surface area (Å²) in [5.74, 6) is 1.06. The van der Waals surface area contributed by atoms with Gasteiger partial charge in [-0.05, 0) is 65.1 Å². The highest BCUT2D eigenvalue weighted by Gasteiger charge is 2.22. The van der Waals surface area contributed by atoms with Crippen molar-refractivity contribution in [3.63, 3.8) is 0 Å². The van der Waals surface area contributed by atoms with Crippen molar-refractivity contribution >= 4 is 35.8 Å². The van der Waals surface area contributed by atoms with Crippen LogP contribution in [-0.2, 0) is 4.79 Å². The second kappa shape index (κ2) is 11.9. The molecule has 2 saturated heterocycles. The maximum Gasteiger partial charge on any atom is 0.220 e. The largest absolute Gasteiger partial charge is 0.369 e. The number of hydrogen-bond donors (Lipinski definition) is 2. The van der Waals surface area contributed by atoms with Crippen LogP contribution in [0.2, 0.25) is 0 Å². The number of amides is 1. The molecule has 2 rings (SSSR count). The van der Waals surface area contributed by atoms with Crippen molar-refractivity contribution in [2.75, 3.05) is 45.8 Å². The number of rotatable bonds is 7. The van der Waals surface area contributed by atoms with Crippen molar-refractivity contribution in [2.24, 2.45) is 16.6 Å². The van der Waals surface area contributed by atoms with E-state index in [9.17, 15) is 4.79 Å². The molecule has 140 valence electrons. The Morgan fingerprint density at radius 3 is 2.42 bits per heavy atom. The quantitative estimate of drug-likeness (QED) is 0.267. The summed E-state index contributed by atoms with van der Waals surface area (Å²) in [6.07, 6.45) is 6.71. The van der Waals surface area contributed by atoms with Crippen LogP contribution in [0.3, 0.4) is 0 Å². The van der Waals surface area contributed by atoms with Gasteiger partial charge >= 0.3 is 0 Å². The molecule has 0 spiro atoms. The lowest BCUT2D eigenvalue weighted by molar-refractivity contribution is -0.123. The Bertz CT molecular complexity index is 390. The molecule has 7 heteroatoms. The number of unbranched alkanes of at least 4 members (excludes halogenated alkanes) is 1. The monoisotopic (exact) mass is 451 g/mol. The molecule has 3 N–H and O–H groups in total. The second-order valence-electron chi connectivity index (χ2n) is 6.66. The molecule has 0 atom stereocenters. The minimum Gasteiger partial charge on any atom is -0.369 e. The predicted molar refractivity (Wildman–Crippen MR) is 110 cm³/mol. The summed E-state index contributed by atoms with van der Waals surface area (Å²) in [7, 11) is 0. The molecule has 0 aromatic carbocycles. The average Bonchev–Trinajstić information content (AvgIpc) is 3.08. The molecule has 0 aliphatic carbocycles. The highest BCUT2D eigenvalue weighted by Crippen LogP contribution is 2.16. The molecule has 6 nitrogen and oxygen atoms in total. The van der Waals surface area contributed by atoms with E-state index in [4.69, 9.17) is 10.7 Å².